The number of hydrogen-bond donors (Lipinski definition) is 2. The van der Waals surface area contributed by atoms with Crippen LogP contribution in [-0.2, 0) is 14.4 Å². The maximum absolute atomic E-state index is 12.7. The van der Waals surface area contributed by atoms with Gasteiger partial charge < -0.3 is 15.3 Å². The SMILES string of the molecule is C/C(=C\[C@H](C(C)C)N(C)C(=O)CNC(=O)C1N(C)CCSC1(C)C)C(=O)O.CC(C)C. The Labute approximate surface area is 193 Å². The van der Waals surface area contributed by atoms with Crippen LogP contribution in [0.4, 0.5) is 0 Å². The third-order valence-corrected chi connectivity index (χ3v) is 6.32. The fraction of sp³-hybridized carbons (Fsp3) is 0.783. The number of aliphatic carboxylic acids is 1. The maximum atomic E-state index is 12.7. The van der Waals surface area contributed by atoms with Crippen molar-refractivity contribution in [1.29, 1.82) is 0 Å². The molecule has 1 fully saturated rings. The molecule has 1 rings (SSSR count). The molecule has 0 aromatic rings. The van der Waals surface area contributed by atoms with Crippen LogP contribution in [0.5, 0.6) is 0 Å². The second-order valence-corrected chi connectivity index (χ2v) is 11.4. The van der Waals surface area contributed by atoms with Crippen molar-refractivity contribution >= 4 is 29.5 Å². The molecule has 0 radical (unpaired) electrons. The summed E-state index contributed by atoms with van der Waals surface area (Å²) < 4.78 is -0.228. The summed E-state index contributed by atoms with van der Waals surface area (Å²) in [6.07, 6.45) is 1.58. The molecule has 7 nitrogen and oxygen atoms in total. The second-order valence-electron chi connectivity index (χ2n) is 9.68. The third-order valence-electron chi connectivity index (χ3n) is 4.96. The van der Waals surface area contributed by atoms with Crippen molar-refractivity contribution in [2.24, 2.45) is 11.8 Å². The molecule has 2 amide bonds. The van der Waals surface area contributed by atoms with Crippen molar-refractivity contribution in [3.8, 4) is 0 Å². The lowest BCUT2D eigenvalue weighted by Gasteiger charge is -2.43. The number of rotatable bonds is 7. The number of carbonyl (C=O) groups is 3. The predicted molar refractivity (Wildman–Crippen MR) is 129 cm³/mol. The Kier molecular flexibility index (Phi) is 12.5. The summed E-state index contributed by atoms with van der Waals surface area (Å²) >= 11 is 1.76. The van der Waals surface area contributed by atoms with Crippen LogP contribution in [0.1, 0.15) is 55.4 Å². The Balaban J connectivity index is 0.00000206. The number of nitrogens with one attached hydrogen (secondary N) is 1. The molecule has 0 spiro atoms. The fourth-order valence-electron chi connectivity index (χ4n) is 3.34. The molecule has 180 valence electrons. The third kappa shape index (κ3) is 10.1. The normalized spacial score (nSPS) is 20.0. The van der Waals surface area contributed by atoms with Crippen LogP contribution < -0.4 is 5.32 Å². The average Bonchev–Trinajstić information content (AvgIpc) is 2.61. The topological polar surface area (TPSA) is 90.0 Å². The summed E-state index contributed by atoms with van der Waals surface area (Å²) in [4.78, 5) is 39.9. The smallest absolute Gasteiger partial charge is 0.331 e. The first kappa shape index (κ1) is 29.5. The molecule has 0 saturated carbocycles. The molecule has 1 aliphatic rings. The van der Waals surface area contributed by atoms with Crippen LogP contribution in [0.25, 0.3) is 0 Å². The number of nitrogens with zero attached hydrogens (tertiary/aromatic N) is 2. The highest BCUT2D eigenvalue weighted by Crippen LogP contribution is 2.34. The Morgan fingerprint density at radius 2 is 1.74 bits per heavy atom. The van der Waals surface area contributed by atoms with Gasteiger partial charge in [-0.05, 0) is 39.7 Å². The van der Waals surface area contributed by atoms with E-state index in [0.717, 1.165) is 18.2 Å². The number of carboxylic acids is 1. The molecule has 1 unspecified atom stereocenters. The molecular formula is C23H43N3O4S. The summed E-state index contributed by atoms with van der Waals surface area (Å²) in [6, 6.07) is -0.653. The van der Waals surface area contributed by atoms with E-state index in [-0.39, 0.29) is 46.7 Å². The zero-order valence-electron chi connectivity index (χ0n) is 21.0. The Morgan fingerprint density at radius 1 is 1.23 bits per heavy atom. The number of amides is 2. The predicted octanol–water partition coefficient (Wildman–Crippen LogP) is 3.10. The Morgan fingerprint density at radius 3 is 2.16 bits per heavy atom. The number of carbonyl (C=O) groups excluding carboxylic acids is 2. The van der Waals surface area contributed by atoms with Crippen LogP contribution in [-0.4, -0.2) is 82.5 Å². The highest BCUT2D eigenvalue weighted by Gasteiger charge is 2.41. The summed E-state index contributed by atoms with van der Waals surface area (Å²) in [5.41, 5.74) is 0.194. The van der Waals surface area contributed by atoms with Crippen molar-refractivity contribution in [2.45, 2.75) is 72.2 Å². The molecule has 0 bridgehead atoms. The van der Waals surface area contributed by atoms with E-state index in [2.05, 4.69) is 26.1 Å². The molecule has 2 atom stereocenters. The molecule has 0 aromatic carbocycles. The molecule has 31 heavy (non-hydrogen) atoms. The lowest BCUT2D eigenvalue weighted by atomic mass is 9.99. The van der Waals surface area contributed by atoms with E-state index >= 15 is 0 Å². The number of hydrogen-bond acceptors (Lipinski definition) is 5. The fourth-order valence-corrected chi connectivity index (χ4v) is 4.69. The van der Waals surface area contributed by atoms with Crippen molar-refractivity contribution in [1.82, 2.24) is 15.1 Å². The van der Waals surface area contributed by atoms with Crippen LogP contribution in [0.3, 0.4) is 0 Å². The van der Waals surface area contributed by atoms with Gasteiger partial charge in [-0.2, -0.15) is 11.8 Å². The maximum Gasteiger partial charge on any atom is 0.331 e. The number of likely N-dealkylation sites (N-methyl/N-ethyl adjacent to an activating group) is 2. The van der Waals surface area contributed by atoms with Gasteiger partial charge in [0.25, 0.3) is 0 Å². The first-order chi connectivity index (χ1) is 14.1. The molecular weight excluding hydrogens is 414 g/mol. The van der Waals surface area contributed by atoms with Crippen LogP contribution in [0.15, 0.2) is 11.6 Å². The Hall–Kier alpha value is -1.54. The van der Waals surface area contributed by atoms with Gasteiger partial charge in [-0.15, -0.1) is 0 Å². The van der Waals surface area contributed by atoms with E-state index < -0.39 is 5.97 Å². The van der Waals surface area contributed by atoms with Gasteiger partial charge in [0.1, 0.15) is 6.04 Å². The van der Waals surface area contributed by atoms with E-state index in [1.54, 1.807) is 24.9 Å². The zero-order valence-corrected chi connectivity index (χ0v) is 21.8. The minimum atomic E-state index is -1.00. The summed E-state index contributed by atoms with van der Waals surface area (Å²) in [5, 5.41) is 11.9. The van der Waals surface area contributed by atoms with Gasteiger partial charge in [0.2, 0.25) is 11.8 Å². The molecule has 0 aliphatic carbocycles. The summed E-state index contributed by atoms with van der Waals surface area (Å²) in [7, 11) is 3.56. The summed E-state index contributed by atoms with van der Waals surface area (Å²) in [6.45, 7) is 16.7. The van der Waals surface area contributed by atoms with Crippen molar-refractivity contribution in [3.05, 3.63) is 11.6 Å². The first-order valence-electron chi connectivity index (χ1n) is 10.9. The van der Waals surface area contributed by atoms with Crippen molar-refractivity contribution < 1.29 is 19.5 Å². The van der Waals surface area contributed by atoms with E-state index in [1.807, 2.05) is 39.6 Å². The van der Waals surface area contributed by atoms with Gasteiger partial charge in [0, 0.05) is 29.7 Å². The minimum absolute atomic E-state index is 0.0452. The largest absolute Gasteiger partial charge is 0.478 e. The molecule has 8 heteroatoms. The lowest BCUT2D eigenvalue weighted by Crippen LogP contribution is -2.59. The van der Waals surface area contributed by atoms with Gasteiger partial charge in [-0.3, -0.25) is 14.5 Å². The number of carboxylic acid groups (broad SMARTS) is 1. The molecule has 1 saturated heterocycles. The molecule has 0 aromatic heterocycles. The van der Waals surface area contributed by atoms with Gasteiger partial charge in [-0.25, -0.2) is 4.79 Å². The van der Waals surface area contributed by atoms with Gasteiger partial charge in [0.05, 0.1) is 12.6 Å². The number of thioether (sulfide) groups is 1. The van der Waals surface area contributed by atoms with E-state index in [0.29, 0.717) is 0 Å². The van der Waals surface area contributed by atoms with Gasteiger partial charge in [0.15, 0.2) is 0 Å². The van der Waals surface area contributed by atoms with Crippen molar-refractivity contribution in [3.63, 3.8) is 0 Å². The average molecular weight is 458 g/mol. The molecule has 1 aliphatic heterocycles. The highest BCUT2D eigenvalue weighted by atomic mass is 32.2. The van der Waals surface area contributed by atoms with E-state index in [1.165, 1.54) is 11.8 Å². The van der Waals surface area contributed by atoms with E-state index in [9.17, 15) is 14.4 Å². The van der Waals surface area contributed by atoms with Crippen molar-refractivity contribution in [2.75, 3.05) is 32.9 Å². The standard InChI is InChI=1S/C19H33N3O4S.C4H10/c1-12(2)14(10-13(3)18(25)26)22(7)15(23)11-20-17(24)16-19(4,5)27-9-8-21(16)6;1-4(2)3/h10,12,14,16H,8-9,11H2,1-7H3,(H,20,24)(H,25,26);4H,1-3H3/b13-10+;/t14-,16?;/m1./s1. The van der Waals surface area contributed by atoms with Crippen LogP contribution >= 0.6 is 11.8 Å². The highest BCUT2D eigenvalue weighted by molar-refractivity contribution is 8.00. The van der Waals surface area contributed by atoms with Crippen LogP contribution in [0, 0.1) is 11.8 Å². The van der Waals surface area contributed by atoms with Crippen LogP contribution in [0.2, 0.25) is 0 Å². The van der Waals surface area contributed by atoms with E-state index in [4.69, 9.17) is 5.11 Å². The summed E-state index contributed by atoms with van der Waals surface area (Å²) in [5.74, 6) is 0.439. The first-order valence-corrected chi connectivity index (χ1v) is 11.9. The zero-order chi connectivity index (χ0) is 24.5. The van der Waals surface area contributed by atoms with Gasteiger partial charge in [-0.1, -0.05) is 40.7 Å². The second kappa shape index (κ2) is 13.1. The monoisotopic (exact) mass is 457 g/mol. The molecule has 2 N–H and O–H groups in total. The quantitative estimate of drug-likeness (QED) is 0.571. The minimum Gasteiger partial charge on any atom is -0.478 e. The van der Waals surface area contributed by atoms with Gasteiger partial charge >= 0.3 is 5.97 Å². The lowest BCUT2D eigenvalue weighted by molar-refractivity contribution is -0.135. The molecule has 1 heterocycles. The Bertz CT molecular complexity index is 644.